The van der Waals surface area contributed by atoms with E-state index in [1.807, 2.05) is 0 Å². The van der Waals surface area contributed by atoms with E-state index in [9.17, 15) is 4.79 Å². The summed E-state index contributed by atoms with van der Waals surface area (Å²) in [6.45, 7) is 4.50. The number of pyridine rings is 1. The van der Waals surface area contributed by atoms with Crippen LogP contribution >= 0.6 is 23.8 Å². The highest BCUT2D eigenvalue weighted by atomic mass is 35.5. The summed E-state index contributed by atoms with van der Waals surface area (Å²) in [5.41, 5.74) is 5.57. The SMILES string of the molecule is C[C@@H]1[C@H](C)CCC[C@@H]1NC(=S)NNC(=O)c1cccnc1Cl. The van der Waals surface area contributed by atoms with Crippen LogP contribution in [0.25, 0.3) is 0 Å². The van der Waals surface area contributed by atoms with Crippen molar-refractivity contribution < 1.29 is 4.79 Å². The molecule has 0 aromatic carbocycles. The van der Waals surface area contributed by atoms with Gasteiger partial charge in [0.2, 0.25) is 0 Å². The molecule has 1 aliphatic carbocycles. The van der Waals surface area contributed by atoms with E-state index in [1.54, 1.807) is 12.1 Å². The zero-order chi connectivity index (χ0) is 16.1. The molecule has 22 heavy (non-hydrogen) atoms. The minimum atomic E-state index is -0.368. The fourth-order valence-corrected chi connectivity index (χ4v) is 3.13. The Bertz CT molecular complexity index is 554. The lowest BCUT2D eigenvalue weighted by atomic mass is 9.78. The number of hydrogen-bond donors (Lipinski definition) is 3. The summed E-state index contributed by atoms with van der Waals surface area (Å²) in [6.07, 6.45) is 5.08. The molecule has 7 heteroatoms. The second-order valence-corrected chi connectivity index (χ2v) is 6.53. The number of carbonyl (C=O) groups is 1. The van der Waals surface area contributed by atoms with Gasteiger partial charge in [-0.1, -0.05) is 38.3 Å². The average Bonchev–Trinajstić information content (AvgIpc) is 2.50. The minimum Gasteiger partial charge on any atom is -0.358 e. The topological polar surface area (TPSA) is 66.0 Å². The molecule has 0 spiro atoms. The molecule has 1 fully saturated rings. The van der Waals surface area contributed by atoms with Crippen LogP contribution in [0.5, 0.6) is 0 Å². The van der Waals surface area contributed by atoms with Gasteiger partial charge in [0.05, 0.1) is 5.56 Å². The summed E-state index contributed by atoms with van der Waals surface area (Å²) in [5, 5.41) is 3.86. The van der Waals surface area contributed by atoms with Crippen molar-refractivity contribution in [2.45, 2.75) is 39.2 Å². The second kappa shape index (κ2) is 7.74. The third-order valence-electron chi connectivity index (χ3n) is 4.32. The third-order valence-corrected chi connectivity index (χ3v) is 4.84. The van der Waals surface area contributed by atoms with Crippen molar-refractivity contribution in [2.75, 3.05) is 0 Å². The first-order valence-electron chi connectivity index (χ1n) is 7.46. The number of halogens is 1. The minimum absolute atomic E-state index is 0.162. The molecule has 120 valence electrons. The molecule has 1 amide bonds. The Balaban J connectivity index is 1.83. The molecule has 3 N–H and O–H groups in total. The fourth-order valence-electron chi connectivity index (χ4n) is 2.73. The van der Waals surface area contributed by atoms with Crippen molar-refractivity contribution in [3.05, 3.63) is 29.0 Å². The first-order chi connectivity index (χ1) is 10.5. The summed E-state index contributed by atoms with van der Waals surface area (Å²) >= 11 is 11.1. The van der Waals surface area contributed by atoms with Crippen LogP contribution in [0.1, 0.15) is 43.5 Å². The molecule has 5 nitrogen and oxygen atoms in total. The summed E-state index contributed by atoms with van der Waals surface area (Å²) in [7, 11) is 0. The average molecular weight is 341 g/mol. The van der Waals surface area contributed by atoms with E-state index in [4.69, 9.17) is 23.8 Å². The lowest BCUT2D eigenvalue weighted by Crippen LogP contribution is -2.52. The molecule has 1 aliphatic rings. The second-order valence-electron chi connectivity index (χ2n) is 5.77. The Hall–Kier alpha value is -1.40. The Kier molecular flexibility index (Phi) is 5.97. The molecule has 0 bridgehead atoms. The van der Waals surface area contributed by atoms with E-state index in [-0.39, 0.29) is 11.1 Å². The van der Waals surface area contributed by atoms with Crippen LogP contribution in [0.2, 0.25) is 5.15 Å². The number of rotatable bonds is 2. The maximum Gasteiger partial charge on any atom is 0.272 e. The van der Waals surface area contributed by atoms with Crippen molar-refractivity contribution in [1.29, 1.82) is 0 Å². The highest BCUT2D eigenvalue weighted by Crippen LogP contribution is 2.29. The largest absolute Gasteiger partial charge is 0.358 e. The fraction of sp³-hybridized carbons (Fsp3) is 0.533. The van der Waals surface area contributed by atoms with Gasteiger partial charge in [-0.05, 0) is 42.6 Å². The monoisotopic (exact) mass is 340 g/mol. The van der Waals surface area contributed by atoms with Crippen LogP contribution in [0.4, 0.5) is 0 Å². The molecular weight excluding hydrogens is 320 g/mol. The van der Waals surface area contributed by atoms with Crippen LogP contribution in [-0.4, -0.2) is 22.0 Å². The molecular formula is C15H21ClN4OS. The predicted molar refractivity (Wildman–Crippen MR) is 91.5 cm³/mol. The first kappa shape index (κ1) is 17.0. The van der Waals surface area contributed by atoms with Crippen molar-refractivity contribution >= 4 is 34.8 Å². The molecule has 0 saturated heterocycles. The number of hydrazine groups is 1. The van der Waals surface area contributed by atoms with Crippen molar-refractivity contribution in [3.8, 4) is 0 Å². The molecule has 0 aliphatic heterocycles. The van der Waals surface area contributed by atoms with Gasteiger partial charge in [-0.15, -0.1) is 0 Å². The third kappa shape index (κ3) is 4.30. The number of carbonyl (C=O) groups excluding carboxylic acids is 1. The van der Waals surface area contributed by atoms with Gasteiger partial charge >= 0.3 is 0 Å². The van der Waals surface area contributed by atoms with Crippen molar-refractivity contribution in [1.82, 2.24) is 21.2 Å². The van der Waals surface area contributed by atoms with E-state index in [0.29, 0.717) is 28.6 Å². The smallest absolute Gasteiger partial charge is 0.272 e. The van der Waals surface area contributed by atoms with E-state index in [1.165, 1.54) is 19.0 Å². The summed E-state index contributed by atoms with van der Waals surface area (Å²) in [6, 6.07) is 3.60. The lowest BCUT2D eigenvalue weighted by molar-refractivity contribution is 0.0943. The van der Waals surface area contributed by atoms with Gasteiger partial charge in [0.25, 0.3) is 5.91 Å². The number of hydrogen-bond acceptors (Lipinski definition) is 3. The molecule has 3 atom stereocenters. The van der Waals surface area contributed by atoms with Gasteiger partial charge in [-0.3, -0.25) is 15.6 Å². The van der Waals surface area contributed by atoms with Crippen molar-refractivity contribution in [3.63, 3.8) is 0 Å². The van der Waals surface area contributed by atoms with E-state index >= 15 is 0 Å². The first-order valence-corrected chi connectivity index (χ1v) is 8.25. The van der Waals surface area contributed by atoms with Gasteiger partial charge in [0, 0.05) is 12.2 Å². The lowest BCUT2D eigenvalue weighted by Gasteiger charge is -2.35. The quantitative estimate of drug-likeness (QED) is 0.439. The molecule has 1 aromatic heterocycles. The van der Waals surface area contributed by atoms with Gasteiger partial charge in [-0.2, -0.15) is 0 Å². The van der Waals surface area contributed by atoms with E-state index in [0.717, 1.165) is 6.42 Å². The van der Waals surface area contributed by atoms with E-state index in [2.05, 4.69) is 35.0 Å². The van der Waals surface area contributed by atoms with E-state index < -0.39 is 0 Å². The highest BCUT2D eigenvalue weighted by molar-refractivity contribution is 7.80. The number of aromatic nitrogens is 1. The van der Waals surface area contributed by atoms with Crippen LogP contribution in [0.15, 0.2) is 18.3 Å². The van der Waals surface area contributed by atoms with Crippen molar-refractivity contribution in [2.24, 2.45) is 11.8 Å². The Labute approximate surface area is 141 Å². The van der Waals surface area contributed by atoms with Crippen LogP contribution in [-0.2, 0) is 0 Å². The zero-order valence-electron chi connectivity index (χ0n) is 12.7. The van der Waals surface area contributed by atoms with Gasteiger partial charge in [0.15, 0.2) is 5.11 Å². The normalized spacial score (nSPS) is 24.4. The van der Waals surface area contributed by atoms with Crippen LogP contribution in [0.3, 0.4) is 0 Å². The summed E-state index contributed by atoms with van der Waals surface area (Å²) in [5.74, 6) is 0.863. The zero-order valence-corrected chi connectivity index (χ0v) is 14.3. The van der Waals surface area contributed by atoms with Crippen LogP contribution in [0, 0.1) is 11.8 Å². The molecule has 2 rings (SSSR count). The van der Waals surface area contributed by atoms with Crippen LogP contribution < -0.4 is 16.2 Å². The standard InChI is InChI=1S/C15H21ClN4OS/c1-9-5-3-7-12(10(9)2)18-15(22)20-19-14(21)11-6-4-8-17-13(11)16/h4,6,8-10,12H,3,5,7H2,1-2H3,(H,19,21)(H2,18,20,22)/t9-,10-,12+/m1/s1. The highest BCUT2D eigenvalue weighted by Gasteiger charge is 2.27. The van der Waals surface area contributed by atoms with Gasteiger partial charge < -0.3 is 5.32 Å². The maximum absolute atomic E-state index is 12.0. The molecule has 1 saturated carbocycles. The number of thiocarbonyl (C=S) groups is 1. The maximum atomic E-state index is 12.0. The number of amides is 1. The molecule has 1 aromatic rings. The number of nitrogens with one attached hydrogen (secondary N) is 3. The Morgan fingerprint density at radius 1 is 1.36 bits per heavy atom. The molecule has 1 heterocycles. The Morgan fingerprint density at radius 2 is 2.14 bits per heavy atom. The van der Waals surface area contributed by atoms with Gasteiger partial charge in [0.1, 0.15) is 5.15 Å². The molecule has 0 unspecified atom stereocenters. The number of nitrogens with zero attached hydrogens (tertiary/aromatic N) is 1. The predicted octanol–water partition coefficient (Wildman–Crippen LogP) is 2.67. The Morgan fingerprint density at radius 3 is 2.86 bits per heavy atom. The molecule has 0 radical (unpaired) electrons. The van der Waals surface area contributed by atoms with Gasteiger partial charge in [-0.25, -0.2) is 4.98 Å². The summed E-state index contributed by atoms with van der Waals surface area (Å²) < 4.78 is 0. The summed E-state index contributed by atoms with van der Waals surface area (Å²) in [4.78, 5) is 15.9.